The van der Waals surface area contributed by atoms with Crippen LogP contribution in [-0.4, -0.2) is 16.2 Å². The zero-order chi connectivity index (χ0) is 6.97. The van der Waals surface area contributed by atoms with Crippen molar-refractivity contribution < 1.29 is 9.84 Å². The molecular weight excluding hydrogens is 130 g/mol. The second kappa shape index (κ2) is 1.88. The quantitative estimate of drug-likeness (QED) is 0.528. The molecule has 2 heterocycles. The molecule has 0 spiro atoms. The van der Waals surface area contributed by atoms with E-state index >= 15 is 0 Å². The van der Waals surface area contributed by atoms with Gasteiger partial charge in [0.2, 0.25) is 5.88 Å². The molecule has 0 radical (unpaired) electrons. The van der Waals surface area contributed by atoms with Crippen molar-refractivity contribution in [1.29, 1.82) is 0 Å². The molecule has 0 aromatic heterocycles. The standard InChI is InChI=1S/C7H7NO2/c9-6-2-1-3-7-8(6)4-5-10-7/h1-6,9H/t6-/m0/s1. The molecule has 10 heavy (non-hydrogen) atoms. The van der Waals surface area contributed by atoms with Crippen molar-refractivity contribution in [3.8, 4) is 0 Å². The lowest BCUT2D eigenvalue weighted by molar-refractivity contribution is 0.0783. The molecule has 0 unspecified atom stereocenters. The van der Waals surface area contributed by atoms with Crippen LogP contribution >= 0.6 is 0 Å². The molecule has 1 N–H and O–H groups in total. The van der Waals surface area contributed by atoms with Gasteiger partial charge in [-0.1, -0.05) is 6.08 Å². The zero-order valence-electron chi connectivity index (χ0n) is 5.27. The third-order valence-electron chi connectivity index (χ3n) is 1.47. The molecular formula is C7H7NO2. The van der Waals surface area contributed by atoms with Gasteiger partial charge >= 0.3 is 0 Å². The fraction of sp³-hybridized carbons (Fsp3) is 0.143. The smallest absolute Gasteiger partial charge is 0.201 e. The molecule has 3 nitrogen and oxygen atoms in total. The van der Waals surface area contributed by atoms with Crippen LogP contribution < -0.4 is 0 Å². The van der Waals surface area contributed by atoms with Gasteiger partial charge in [-0.15, -0.1) is 0 Å². The second-order valence-corrected chi connectivity index (χ2v) is 2.11. The molecule has 0 aromatic carbocycles. The van der Waals surface area contributed by atoms with Gasteiger partial charge in [0.15, 0.2) is 6.23 Å². The predicted molar refractivity (Wildman–Crippen MR) is 35.3 cm³/mol. The number of ether oxygens (including phenoxy) is 1. The van der Waals surface area contributed by atoms with Crippen molar-refractivity contribution in [2.45, 2.75) is 6.23 Å². The van der Waals surface area contributed by atoms with Crippen LogP contribution in [0, 0.1) is 0 Å². The van der Waals surface area contributed by atoms with Crippen LogP contribution in [0.1, 0.15) is 0 Å². The van der Waals surface area contributed by atoms with Gasteiger partial charge in [0.1, 0.15) is 6.26 Å². The summed E-state index contributed by atoms with van der Waals surface area (Å²) in [6.07, 6.45) is 7.92. The molecule has 0 saturated carbocycles. The van der Waals surface area contributed by atoms with Gasteiger partial charge in [-0.3, -0.25) is 4.90 Å². The monoisotopic (exact) mass is 137 g/mol. The predicted octanol–water partition coefficient (Wildman–Crippen LogP) is 0.519. The van der Waals surface area contributed by atoms with Gasteiger partial charge in [0.05, 0.1) is 0 Å². The molecule has 0 aromatic rings. The van der Waals surface area contributed by atoms with E-state index in [1.165, 1.54) is 0 Å². The third-order valence-corrected chi connectivity index (χ3v) is 1.47. The largest absolute Gasteiger partial charge is 0.447 e. The number of nitrogens with zero attached hydrogens (tertiary/aromatic N) is 1. The molecule has 0 fully saturated rings. The highest BCUT2D eigenvalue weighted by Gasteiger charge is 2.20. The Hall–Kier alpha value is -1.22. The summed E-state index contributed by atoms with van der Waals surface area (Å²) in [5.74, 6) is 0.676. The summed E-state index contributed by atoms with van der Waals surface area (Å²) in [6, 6.07) is 0. The van der Waals surface area contributed by atoms with Gasteiger partial charge in [0.25, 0.3) is 0 Å². The Balaban J connectivity index is 2.31. The number of aliphatic hydroxyl groups is 1. The maximum atomic E-state index is 9.25. The highest BCUT2D eigenvalue weighted by atomic mass is 16.5. The molecule has 2 aliphatic rings. The van der Waals surface area contributed by atoms with Crippen molar-refractivity contribution in [1.82, 2.24) is 4.90 Å². The fourth-order valence-corrected chi connectivity index (χ4v) is 0.974. The van der Waals surface area contributed by atoms with Gasteiger partial charge in [-0.05, 0) is 12.2 Å². The van der Waals surface area contributed by atoms with Crippen molar-refractivity contribution in [2.24, 2.45) is 0 Å². The first kappa shape index (κ1) is 5.56. The van der Waals surface area contributed by atoms with E-state index in [2.05, 4.69) is 0 Å². The Morgan fingerprint density at radius 3 is 3.30 bits per heavy atom. The van der Waals surface area contributed by atoms with Crippen LogP contribution in [0.4, 0.5) is 0 Å². The molecule has 2 aliphatic heterocycles. The molecule has 0 amide bonds. The zero-order valence-corrected chi connectivity index (χ0v) is 5.27. The Bertz CT molecular complexity index is 230. The van der Waals surface area contributed by atoms with E-state index in [1.807, 2.05) is 0 Å². The number of rotatable bonds is 0. The highest BCUT2D eigenvalue weighted by molar-refractivity contribution is 5.20. The summed E-state index contributed by atoms with van der Waals surface area (Å²) in [5, 5.41) is 9.25. The van der Waals surface area contributed by atoms with E-state index in [0.717, 1.165) is 0 Å². The Morgan fingerprint density at radius 2 is 2.50 bits per heavy atom. The normalized spacial score (nSPS) is 27.9. The van der Waals surface area contributed by atoms with E-state index in [4.69, 9.17) is 4.74 Å². The van der Waals surface area contributed by atoms with E-state index in [-0.39, 0.29) is 0 Å². The molecule has 0 saturated heterocycles. The molecule has 0 aliphatic carbocycles. The van der Waals surface area contributed by atoms with Crippen LogP contribution in [0.5, 0.6) is 0 Å². The second-order valence-electron chi connectivity index (χ2n) is 2.11. The van der Waals surface area contributed by atoms with Gasteiger partial charge in [0, 0.05) is 6.20 Å². The third kappa shape index (κ3) is 0.642. The van der Waals surface area contributed by atoms with Gasteiger partial charge in [-0.25, -0.2) is 0 Å². The van der Waals surface area contributed by atoms with Crippen molar-refractivity contribution in [3.05, 3.63) is 36.6 Å². The Labute approximate surface area is 58.5 Å². The minimum Gasteiger partial charge on any atom is -0.447 e. The number of hydrogen-bond donors (Lipinski definition) is 1. The van der Waals surface area contributed by atoms with E-state index in [1.54, 1.807) is 35.6 Å². The van der Waals surface area contributed by atoms with Crippen LogP contribution in [-0.2, 0) is 4.74 Å². The van der Waals surface area contributed by atoms with Crippen LogP contribution in [0.25, 0.3) is 0 Å². The molecule has 1 atom stereocenters. The summed E-state index contributed by atoms with van der Waals surface area (Å²) >= 11 is 0. The first-order valence-corrected chi connectivity index (χ1v) is 3.06. The first-order chi connectivity index (χ1) is 4.88. The van der Waals surface area contributed by atoms with E-state index in [9.17, 15) is 5.11 Å². The van der Waals surface area contributed by atoms with Crippen molar-refractivity contribution in [3.63, 3.8) is 0 Å². The number of aliphatic hydroxyl groups excluding tert-OH is 1. The number of hydrogen-bond acceptors (Lipinski definition) is 3. The minimum absolute atomic E-state index is 0.571. The molecule has 52 valence electrons. The summed E-state index contributed by atoms with van der Waals surface area (Å²) in [7, 11) is 0. The maximum absolute atomic E-state index is 9.25. The number of allylic oxidation sites excluding steroid dienone is 2. The average molecular weight is 137 g/mol. The van der Waals surface area contributed by atoms with E-state index < -0.39 is 6.23 Å². The summed E-state index contributed by atoms with van der Waals surface area (Å²) in [6.45, 7) is 0. The summed E-state index contributed by atoms with van der Waals surface area (Å²) < 4.78 is 5.02. The Kier molecular flexibility index (Phi) is 1.05. The van der Waals surface area contributed by atoms with E-state index in [0.29, 0.717) is 5.88 Å². The molecule has 2 rings (SSSR count). The lowest BCUT2D eigenvalue weighted by Gasteiger charge is -2.22. The highest BCUT2D eigenvalue weighted by Crippen LogP contribution is 2.21. The lowest BCUT2D eigenvalue weighted by atomic mass is 10.3. The van der Waals surface area contributed by atoms with Gasteiger partial charge in [-0.2, -0.15) is 0 Å². The summed E-state index contributed by atoms with van der Waals surface area (Å²) in [5.41, 5.74) is 0. The Morgan fingerprint density at radius 1 is 1.60 bits per heavy atom. The fourth-order valence-electron chi connectivity index (χ4n) is 0.974. The molecule has 3 heteroatoms. The summed E-state index contributed by atoms with van der Waals surface area (Å²) in [4.78, 5) is 1.64. The lowest BCUT2D eigenvalue weighted by Crippen LogP contribution is -2.27. The SMILES string of the molecule is O[C@H]1C=CC=C2OC=CN21. The maximum Gasteiger partial charge on any atom is 0.201 e. The van der Waals surface area contributed by atoms with Crippen LogP contribution in [0.2, 0.25) is 0 Å². The van der Waals surface area contributed by atoms with Crippen LogP contribution in [0.3, 0.4) is 0 Å². The van der Waals surface area contributed by atoms with Gasteiger partial charge < -0.3 is 9.84 Å². The minimum atomic E-state index is -0.571. The first-order valence-electron chi connectivity index (χ1n) is 3.06. The van der Waals surface area contributed by atoms with Crippen LogP contribution in [0.15, 0.2) is 36.6 Å². The van der Waals surface area contributed by atoms with Crippen molar-refractivity contribution in [2.75, 3.05) is 0 Å². The van der Waals surface area contributed by atoms with Crippen molar-refractivity contribution >= 4 is 0 Å². The average Bonchev–Trinajstić information content (AvgIpc) is 2.36. The topological polar surface area (TPSA) is 32.7 Å². The molecule has 0 bridgehead atoms. The number of fused-ring (bicyclic) bond motifs is 1.